The van der Waals surface area contributed by atoms with Crippen molar-refractivity contribution in [3.63, 3.8) is 0 Å². The smallest absolute Gasteiger partial charge is 0.269 e. The molecule has 1 amide bonds. The van der Waals surface area contributed by atoms with Crippen molar-refractivity contribution >= 4 is 22.9 Å². The highest BCUT2D eigenvalue weighted by atomic mass is 16.3. The maximum absolute atomic E-state index is 11.8. The van der Waals surface area contributed by atoms with Gasteiger partial charge in [0, 0.05) is 5.56 Å². The largest absolute Gasteiger partial charge is 0.508 e. The van der Waals surface area contributed by atoms with Crippen LogP contribution in [0.4, 0.5) is 5.95 Å². The first-order valence-electron chi connectivity index (χ1n) is 6.02. The second-order valence-corrected chi connectivity index (χ2v) is 4.23. The fourth-order valence-electron chi connectivity index (χ4n) is 1.81. The number of phenols is 1. The first-order valence-corrected chi connectivity index (χ1v) is 6.02. The Bertz CT molecular complexity index is 716. The summed E-state index contributed by atoms with van der Waals surface area (Å²) in [5, 5.41) is 9.16. The molecular weight excluding hydrogens is 256 g/mol. The lowest BCUT2D eigenvalue weighted by atomic mass is 10.2. The molecule has 4 N–H and O–H groups in total. The van der Waals surface area contributed by atoms with Gasteiger partial charge < -0.3 is 10.1 Å². The highest BCUT2D eigenvalue weighted by molar-refractivity contribution is 5.95. The van der Waals surface area contributed by atoms with Crippen LogP contribution in [0.3, 0.4) is 0 Å². The molecule has 6 heteroatoms. The Balaban J connectivity index is 1.69. The number of aromatic amines is 1. The van der Waals surface area contributed by atoms with Crippen LogP contribution in [0.5, 0.6) is 5.75 Å². The van der Waals surface area contributed by atoms with Crippen molar-refractivity contribution in [2.45, 2.75) is 0 Å². The SMILES string of the molecule is O=C(NNc1nc2ccccc2[nH]1)c1ccc(O)cc1. The highest BCUT2D eigenvalue weighted by Gasteiger charge is 2.06. The van der Waals surface area contributed by atoms with Gasteiger partial charge in [0.05, 0.1) is 11.0 Å². The third-order valence-electron chi connectivity index (χ3n) is 2.81. The van der Waals surface area contributed by atoms with Gasteiger partial charge >= 0.3 is 0 Å². The van der Waals surface area contributed by atoms with Crippen molar-refractivity contribution < 1.29 is 9.90 Å². The van der Waals surface area contributed by atoms with E-state index in [1.807, 2.05) is 24.3 Å². The number of hydrogen-bond donors (Lipinski definition) is 4. The molecule has 6 nitrogen and oxygen atoms in total. The van der Waals surface area contributed by atoms with Crippen LogP contribution in [0.25, 0.3) is 11.0 Å². The molecular formula is C14H12N4O2. The van der Waals surface area contributed by atoms with Crippen molar-refractivity contribution in [1.29, 1.82) is 0 Å². The number of hydrazine groups is 1. The van der Waals surface area contributed by atoms with Gasteiger partial charge in [-0.05, 0) is 36.4 Å². The number of para-hydroxylation sites is 2. The topological polar surface area (TPSA) is 90.0 Å². The Morgan fingerprint density at radius 3 is 2.60 bits per heavy atom. The molecule has 3 aromatic rings. The molecule has 1 heterocycles. The number of nitrogens with one attached hydrogen (secondary N) is 3. The summed E-state index contributed by atoms with van der Waals surface area (Å²) in [7, 11) is 0. The fraction of sp³-hybridized carbons (Fsp3) is 0. The van der Waals surface area contributed by atoms with Crippen molar-refractivity contribution in [3.8, 4) is 5.75 Å². The van der Waals surface area contributed by atoms with Crippen LogP contribution in [0.15, 0.2) is 48.5 Å². The molecule has 0 bridgehead atoms. The molecule has 20 heavy (non-hydrogen) atoms. The molecule has 2 aromatic carbocycles. The first kappa shape index (κ1) is 12.0. The summed E-state index contributed by atoms with van der Waals surface area (Å²) in [6, 6.07) is 13.5. The van der Waals surface area contributed by atoms with Gasteiger partial charge in [0.1, 0.15) is 5.75 Å². The summed E-state index contributed by atoms with van der Waals surface area (Å²) in [6.45, 7) is 0. The predicted molar refractivity (Wildman–Crippen MR) is 75.3 cm³/mol. The number of H-pyrrole nitrogens is 1. The minimum Gasteiger partial charge on any atom is -0.508 e. The molecule has 0 saturated carbocycles. The summed E-state index contributed by atoms with van der Waals surface area (Å²) in [5.74, 6) is 0.260. The molecule has 3 rings (SSSR count). The van der Waals surface area contributed by atoms with Gasteiger partial charge in [-0.2, -0.15) is 0 Å². The van der Waals surface area contributed by atoms with E-state index >= 15 is 0 Å². The number of carbonyl (C=O) groups is 1. The quantitative estimate of drug-likeness (QED) is 0.547. The van der Waals surface area contributed by atoms with Crippen molar-refractivity contribution in [2.24, 2.45) is 0 Å². The zero-order chi connectivity index (χ0) is 13.9. The summed E-state index contributed by atoms with van der Waals surface area (Å²) in [6.07, 6.45) is 0. The van der Waals surface area contributed by atoms with Gasteiger partial charge in [0.15, 0.2) is 0 Å². The normalized spacial score (nSPS) is 10.4. The molecule has 100 valence electrons. The zero-order valence-corrected chi connectivity index (χ0v) is 10.4. The Labute approximate surface area is 114 Å². The van der Waals surface area contributed by atoms with E-state index in [-0.39, 0.29) is 11.7 Å². The Morgan fingerprint density at radius 2 is 1.85 bits per heavy atom. The second kappa shape index (κ2) is 4.93. The van der Waals surface area contributed by atoms with Crippen LogP contribution in [0.2, 0.25) is 0 Å². The molecule has 1 aromatic heterocycles. The lowest BCUT2D eigenvalue weighted by molar-refractivity contribution is 0.0962. The Hall–Kier alpha value is -3.02. The van der Waals surface area contributed by atoms with E-state index in [0.29, 0.717) is 11.5 Å². The van der Waals surface area contributed by atoms with Gasteiger partial charge in [-0.1, -0.05) is 12.1 Å². The van der Waals surface area contributed by atoms with Gasteiger partial charge in [-0.25, -0.2) is 4.98 Å². The number of amides is 1. The number of aromatic nitrogens is 2. The second-order valence-electron chi connectivity index (χ2n) is 4.23. The van der Waals surface area contributed by atoms with E-state index in [9.17, 15) is 4.79 Å². The van der Waals surface area contributed by atoms with Crippen LogP contribution < -0.4 is 10.9 Å². The van der Waals surface area contributed by atoms with E-state index in [1.165, 1.54) is 24.3 Å². The predicted octanol–water partition coefficient (Wildman–Crippen LogP) is 2.03. The van der Waals surface area contributed by atoms with Crippen molar-refractivity contribution in [3.05, 3.63) is 54.1 Å². The number of benzene rings is 2. The number of nitrogens with zero attached hydrogens (tertiary/aromatic N) is 1. The van der Waals surface area contributed by atoms with E-state index in [4.69, 9.17) is 5.11 Å². The van der Waals surface area contributed by atoms with Crippen LogP contribution in [-0.4, -0.2) is 21.0 Å². The lowest BCUT2D eigenvalue weighted by Crippen LogP contribution is -2.29. The van der Waals surface area contributed by atoms with Crippen LogP contribution in [0, 0.1) is 0 Å². The molecule has 0 radical (unpaired) electrons. The number of imidazole rings is 1. The van der Waals surface area contributed by atoms with Gasteiger partial charge in [0.2, 0.25) is 5.95 Å². The van der Waals surface area contributed by atoms with E-state index in [0.717, 1.165) is 11.0 Å². The lowest BCUT2D eigenvalue weighted by Gasteiger charge is -2.05. The van der Waals surface area contributed by atoms with E-state index in [2.05, 4.69) is 20.8 Å². The molecule has 0 aliphatic rings. The molecule has 0 aliphatic heterocycles. The average molecular weight is 268 g/mol. The summed E-state index contributed by atoms with van der Waals surface area (Å²) >= 11 is 0. The minimum absolute atomic E-state index is 0.117. The molecule has 0 spiro atoms. The van der Waals surface area contributed by atoms with Crippen LogP contribution in [0.1, 0.15) is 10.4 Å². The maximum atomic E-state index is 11.8. The maximum Gasteiger partial charge on any atom is 0.269 e. The van der Waals surface area contributed by atoms with E-state index in [1.54, 1.807) is 0 Å². The summed E-state index contributed by atoms with van der Waals surface area (Å²) in [5.41, 5.74) is 7.38. The summed E-state index contributed by atoms with van der Waals surface area (Å²) in [4.78, 5) is 19.2. The molecule has 0 unspecified atom stereocenters. The zero-order valence-electron chi connectivity index (χ0n) is 10.4. The van der Waals surface area contributed by atoms with Gasteiger partial charge in [-0.3, -0.25) is 15.6 Å². The molecule has 0 fully saturated rings. The Morgan fingerprint density at radius 1 is 1.10 bits per heavy atom. The number of hydrogen-bond acceptors (Lipinski definition) is 4. The van der Waals surface area contributed by atoms with Gasteiger partial charge in [-0.15, -0.1) is 0 Å². The standard InChI is InChI=1S/C14H12N4O2/c19-10-7-5-9(6-8-10)13(20)17-18-14-15-11-3-1-2-4-12(11)16-14/h1-8,19H,(H,17,20)(H2,15,16,18). The fourth-order valence-corrected chi connectivity index (χ4v) is 1.81. The first-order chi connectivity index (χ1) is 9.72. The number of fused-ring (bicyclic) bond motifs is 1. The summed E-state index contributed by atoms with van der Waals surface area (Å²) < 4.78 is 0. The van der Waals surface area contributed by atoms with E-state index < -0.39 is 0 Å². The third kappa shape index (κ3) is 2.39. The molecule has 0 aliphatic carbocycles. The van der Waals surface area contributed by atoms with Crippen molar-refractivity contribution in [2.75, 3.05) is 5.43 Å². The number of phenolic OH excluding ortho intramolecular Hbond substituents is 1. The van der Waals surface area contributed by atoms with Crippen LogP contribution in [-0.2, 0) is 0 Å². The number of anilines is 1. The highest BCUT2D eigenvalue weighted by Crippen LogP contribution is 2.13. The third-order valence-corrected chi connectivity index (χ3v) is 2.81. The van der Waals surface area contributed by atoms with Crippen LogP contribution >= 0.6 is 0 Å². The minimum atomic E-state index is -0.314. The van der Waals surface area contributed by atoms with Crippen molar-refractivity contribution in [1.82, 2.24) is 15.4 Å². The average Bonchev–Trinajstić information content (AvgIpc) is 2.88. The Kier molecular flexibility index (Phi) is 2.96. The molecule has 0 atom stereocenters. The number of aromatic hydroxyl groups is 1. The monoisotopic (exact) mass is 268 g/mol. The van der Waals surface area contributed by atoms with Gasteiger partial charge in [0.25, 0.3) is 5.91 Å². The number of rotatable bonds is 3. The molecule has 0 saturated heterocycles. The number of carbonyl (C=O) groups excluding carboxylic acids is 1.